The van der Waals surface area contributed by atoms with Gasteiger partial charge in [-0.3, -0.25) is 9.59 Å². The predicted molar refractivity (Wildman–Crippen MR) is 89.0 cm³/mol. The van der Waals surface area contributed by atoms with E-state index in [-0.39, 0.29) is 24.3 Å². The monoisotopic (exact) mass is 325 g/mol. The van der Waals surface area contributed by atoms with E-state index in [2.05, 4.69) is 10.6 Å². The van der Waals surface area contributed by atoms with Crippen molar-refractivity contribution in [2.24, 2.45) is 11.8 Å². The van der Waals surface area contributed by atoms with Crippen LogP contribution in [0.4, 0.5) is 0 Å². The van der Waals surface area contributed by atoms with Crippen LogP contribution in [0, 0.1) is 11.8 Å². The van der Waals surface area contributed by atoms with Gasteiger partial charge in [-0.1, -0.05) is 13.8 Å². The molecule has 132 valence electrons. The number of likely N-dealkylation sites (tertiary alicyclic amines) is 1. The number of hydrogen-bond donors (Lipinski definition) is 2. The van der Waals surface area contributed by atoms with E-state index < -0.39 is 6.04 Å². The number of nitrogens with zero attached hydrogens (tertiary/aromatic N) is 1. The molecule has 1 saturated carbocycles. The maximum absolute atomic E-state index is 12.7. The summed E-state index contributed by atoms with van der Waals surface area (Å²) in [6.07, 6.45) is 4.72. The zero-order valence-electron chi connectivity index (χ0n) is 14.6. The number of methoxy groups -OCH3 is 1. The van der Waals surface area contributed by atoms with Gasteiger partial charge in [0.05, 0.1) is 0 Å². The fourth-order valence-corrected chi connectivity index (χ4v) is 3.02. The summed E-state index contributed by atoms with van der Waals surface area (Å²) in [4.78, 5) is 26.3. The van der Waals surface area contributed by atoms with Gasteiger partial charge in [0.15, 0.2) is 0 Å². The van der Waals surface area contributed by atoms with Gasteiger partial charge in [-0.05, 0) is 44.1 Å². The van der Waals surface area contributed by atoms with E-state index in [0.717, 1.165) is 38.4 Å². The molecular formula is C17H31N3O3. The van der Waals surface area contributed by atoms with Crippen molar-refractivity contribution >= 4 is 11.8 Å². The van der Waals surface area contributed by atoms with Crippen LogP contribution in [0.1, 0.15) is 39.5 Å². The molecule has 1 heterocycles. The molecule has 1 aliphatic carbocycles. The zero-order chi connectivity index (χ0) is 16.8. The fourth-order valence-electron chi connectivity index (χ4n) is 3.02. The minimum Gasteiger partial charge on any atom is -0.375 e. The molecule has 6 heteroatoms. The molecule has 0 aromatic carbocycles. The lowest BCUT2D eigenvalue weighted by molar-refractivity contribution is -0.139. The molecule has 2 N–H and O–H groups in total. The number of nitrogens with one attached hydrogen (secondary N) is 2. The summed E-state index contributed by atoms with van der Waals surface area (Å²) in [6.45, 7) is 6.57. The highest BCUT2D eigenvalue weighted by molar-refractivity contribution is 5.88. The Morgan fingerprint density at radius 1 is 1.17 bits per heavy atom. The van der Waals surface area contributed by atoms with Gasteiger partial charge in [0.1, 0.15) is 12.6 Å². The summed E-state index contributed by atoms with van der Waals surface area (Å²) in [6, 6.07) is 0.0638. The number of ether oxygens (including phenoxy) is 1. The number of rotatable bonds is 8. The summed E-state index contributed by atoms with van der Waals surface area (Å²) < 4.78 is 4.83. The first-order valence-electron chi connectivity index (χ1n) is 8.81. The summed E-state index contributed by atoms with van der Waals surface area (Å²) >= 11 is 0. The van der Waals surface area contributed by atoms with Crippen molar-refractivity contribution in [2.75, 3.05) is 33.4 Å². The summed E-state index contributed by atoms with van der Waals surface area (Å²) in [7, 11) is 1.48. The SMILES string of the molecule is COCC(=O)N[C@H](C(=O)N1CCC(NCC2CC2)CC1)C(C)C. The minimum atomic E-state index is -0.464. The second-order valence-electron chi connectivity index (χ2n) is 7.17. The molecular weight excluding hydrogens is 294 g/mol. The van der Waals surface area contributed by atoms with Crippen molar-refractivity contribution in [1.82, 2.24) is 15.5 Å². The van der Waals surface area contributed by atoms with Crippen molar-refractivity contribution in [3.63, 3.8) is 0 Å². The lowest BCUT2D eigenvalue weighted by Crippen LogP contribution is -2.55. The van der Waals surface area contributed by atoms with E-state index in [1.807, 2.05) is 18.7 Å². The number of piperidine rings is 1. The third-order valence-corrected chi connectivity index (χ3v) is 4.72. The van der Waals surface area contributed by atoms with E-state index in [4.69, 9.17) is 4.74 Å². The Bertz CT molecular complexity index is 402. The first-order chi connectivity index (χ1) is 11.0. The van der Waals surface area contributed by atoms with Crippen molar-refractivity contribution in [3.8, 4) is 0 Å². The molecule has 0 aromatic rings. The normalized spacial score (nSPS) is 20.6. The van der Waals surface area contributed by atoms with Crippen molar-refractivity contribution in [2.45, 2.75) is 51.6 Å². The van der Waals surface area contributed by atoms with Gasteiger partial charge in [-0.2, -0.15) is 0 Å². The lowest BCUT2D eigenvalue weighted by atomic mass is 9.99. The Balaban J connectivity index is 1.79. The average Bonchev–Trinajstić information content (AvgIpc) is 3.35. The highest BCUT2D eigenvalue weighted by atomic mass is 16.5. The molecule has 2 fully saturated rings. The fraction of sp³-hybridized carbons (Fsp3) is 0.882. The molecule has 0 aromatic heterocycles. The number of carbonyl (C=O) groups is 2. The van der Waals surface area contributed by atoms with Crippen LogP contribution in [0.15, 0.2) is 0 Å². The molecule has 0 unspecified atom stereocenters. The van der Waals surface area contributed by atoms with Crippen LogP contribution in [0.2, 0.25) is 0 Å². The highest BCUT2D eigenvalue weighted by Crippen LogP contribution is 2.28. The third-order valence-electron chi connectivity index (χ3n) is 4.72. The topological polar surface area (TPSA) is 70.7 Å². The maximum Gasteiger partial charge on any atom is 0.246 e. The standard InChI is InChI=1S/C17H31N3O3/c1-12(2)16(19-15(21)11-23-3)17(22)20-8-6-14(7-9-20)18-10-13-4-5-13/h12-14,16,18H,4-11H2,1-3H3,(H,19,21)/t16-/m0/s1. The van der Waals surface area contributed by atoms with Crippen LogP contribution in [0.5, 0.6) is 0 Å². The van der Waals surface area contributed by atoms with Crippen LogP contribution in [-0.2, 0) is 14.3 Å². The second-order valence-corrected chi connectivity index (χ2v) is 7.17. The molecule has 6 nitrogen and oxygen atoms in total. The molecule has 0 spiro atoms. The first kappa shape index (κ1) is 18.2. The van der Waals surface area contributed by atoms with Crippen molar-refractivity contribution in [1.29, 1.82) is 0 Å². The van der Waals surface area contributed by atoms with E-state index in [0.29, 0.717) is 6.04 Å². The summed E-state index contributed by atoms with van der Waals surface area (Å²) in [5.74, 6) is 0.746. The Morgan fingerprint density at radius 2 is 1.83 bits per heavy atom. The number of carbonyl (C=O) groups excluding carboxylic acids is 2. The predicted octanol–water partition coefficient (Wildman–Crippen LogP) is 0.764. The smallest absolute Gasteiger partial charge is 0.246 e. The van der Waals surface area contributed by atoms with Gasteiger partial charge in [-0.15, -0.1) is 0 Å². The van der Waals surface area contributed by atoms with Crippen LogP contribution in [0.3, 0.4) is 0 Å². The Hall–Kier alpha value is -1.14. The first-order valence-corrected chi connectivity index (χ1v) is 8.81. The Labute approximate surface area is 139 Å². The van der Waals surface area contributed by atoms with Gasteiger partial charge in [0.25, 0.3) is 0 Å². The number of hydrogen-bond acceptors (Lipinski definition) is 4. The molecule has 1 atom stereocenters. The molecule has 0 radical (unpaired) electrons. The van der Waals surface area contributed by atoms with Crippen molar-refractivity contribution in [3.05, 3.63) is 0 Å². The maximum atomic E-state index is 12.7. The molecule has 2 aliphatic rings. The third kappa shape index (κ3) is 5.77. The summed E-state index contributed by atoms with van der Waals surface area (Å²) in [5.41, 5.74) is 0. The van der Waals surface area contributed by atoms with Gasteiger partial charge >= 0.3 is 0 Å². The van der Waals surface area contributed by atoms with Crippen LogP contribution >= 0.6 is 0 Å². The Kier molecular flexibility index (Phi) is 6.84. The molecule has 0 bridgehead atoms. The Morgan fingerprint density at radius 3 is 2.35 bits per heavy atom. The molecule has 2 rings (SSSR count). The van der Waals surface area contributed by atoms with Gasteiger partial charge in [0.2, 0.25) is 11.8 Å². The number of amides is 2. The zero-order valence-corrected chi connectivity index (χ0v) is 14.6. The lowest BCUT2D eigenvalue weighted by Gasteiger charge is -2.35. The van der Waals surface area contributed by atoms with Crippen molar-refractivity contribution < 1.29 is 14.3 Å². The molecule has 1 aliphatic heterocycles. The largest absolute Gasteiger partial charge is 0.375 e. The average molecular weight is 325 g/mol. The van der Waals surface area contributed by atoms with Crippen LogP contribution in [-0.4, -0.2) is 62.1 Å². The van der Waals surface area contributed by atoms with Gasteiger partial charge in [0, 0.05) is 26.2 Å². The molecule has 2 amide bonds. The summed E-state index contributed by atoms with van der Waals surface area (Å²) in [5, 5.41) is 6.42. The van der Waals surface area contributed by atoms with E-state index in [9.17, 15) is 9.59 Å². The molecule has 23 heavy (non-hydrogen) atoms. The van der Waals surface area contributed by atoms with Crippen LogP contribution < -0.4 is 10.6 Å². The minimum absolute atomic E-state index is 0.0103. The van der Waals surface area contributed by atoms with E-state index in [1.165, 1.54) is 20.0 Å². The van der Waals surface area contributed by atoms with Crippen LogP contribution in [0.25, 0.3) is 0 Å². The second kappa shape index (κ2) is 8.64. The molecule has 1 saturated heterocycles. The highest BCUT2D eigenvalue weighted by Gasteiger charge is 2.31. The quantitative estimate of drug-likeness (QED) is 0.691. The van der Waals surface area contributed by atoms with Gasteiger partial charge in [-0.25, -0.2) is 0 Å². The van der Waals surface area contributed by atoms with E-state index in [1.54, 1.807) is 0 Å². The van der Waals surface area contributed by atoms with E-state index >= 15 is 0 Å². The van der Waals surface area contributed by atoms with Gasteiger partial charge < -0.3 is 20.3 Å².